The Morgan fingerprint density at radius 2 is 1.12 bits per heavy atom. The van der Waals surface area contributed by atoms with Gasteiger partial charge in [-0.25, -0.2) is 0 Å². The Balaban J connectivity index is 3.31. The van der Waals surface area contributed by atoms with Crippen LogP contribution in [0.25, 0.3) is 0 Å². The highest BCUT2D eigenvalue weighted by Gasteiger charge is 2.20. The van der Waals surface area contributed by atoms with Crippen LogP contribution in [-0.2, 0) is 33.3 Å². The summed E-state index contributed by atoms with van der Waals surface area (Å²) in [6, 6.07) is 0. The van der Waals surface area contributed by atoms with Gasteiger partial charge in [-0.2, -0.15) is 0 Å². The fourth-order valence-electron chi connectivity index (χ4n) is 2.51. The molecule has 0 aliphatic rings. The third-order valence-electron chi connectivity index (χ3n) is 4.34. The zero-order valence-corrected chi connectivity index (χ0v) is 21.1. The van der Waals surface area contributed by atoms with Crippen LogP contribution in [-0.4, -0.2) is 90.0 Å². The minimum Gasteiger partial charge on any atom is -0.377 e. The van der Waals surface area contributed by atoms with Gasteiger partial charge < -0.3 is 34.3 Å². The van der Waals surface area contributed by atoms with Crippen LogP contribution in [0, 0.1) is 5.41 Å². The third kappa shape index (κ3) is 19.4. The molecule has 0 rings (SSSR count). The average molecular weight is 463 g/mol. The highest BCUT2D eigenvalue weighted by atomic mass is 16.6. The highest BCUT2D eigenvalue weighted by Crippen LogP contribution is 2.15. The Labute approximate surface area is 194 Å². The van der Waals surface area contributed by atoms with Crippen molar-refractivity contribution in [2.75, 3.05) is 72.6 Å². The van der Waals surface area contributed by atoms with Crippen molar-refractivity contribution >= 4 is 11.8 Å². The average Bonchev–Trinajstić information content (AvgIpc) is 2.71. The summed E-state index contributed by atoms with van der Waals surface area (Å²) < 4.78 is 27.3. The second-order valence-corrected chi connectivity index (χ2v) is 9.10. The van der Waals surface area contributed by atoms with Gasteiger partial charge in [0.05, 0.1) is 58.5 Å². The van der Waals surface area contributed by atoms with Gasteiger partial charge in [-0.3, -0.25) is 9.59 Å². The van der Waals surface area contributed by atoms with Gasteiger partial charge in [0.15, 0.2) is 0 Å². The summed E-state index contributed by atoms with van der Waals surface area (Å²) in [7, 11) is 0. The largest absolute Gasteiger partial charge is 0.377 e. The first-order valence-electron chi connectivity index (χ1n) is 11.6. The number of carbonyl (C=O) groups is 2. The lowest BCUT2D eigenvalue weighted by Crippen LogP contribution is -2.36. The van der Waals surface area contributed by atoms with E-state index in [2.05, 4.69) is 17.6 Å². The molecule has 0 bridgehead atoms. The molecule has 0 aromatic carbocycles. The summed E-state index contributed by atoms with van der Waals surface area (Å²) in [5.41, 5.74) is -0.660. The lowest BCUT2D eigenvalue weighted by molar-refractivity contribution is -0.132. The maximum absolute atomic E-state index is 11.7. The molecule has 0 spiro atoms. The third-order valence-corrected chi connectivity index (χ3v) is 4.34. The number of ether oxygens (including phenoxy) is 5. The van der Waals surface area contributed by atoms with Crippen molar-refractivity contribution in [1.82, 2.24) is 10.6 Å². The Morgan fingerprint density at radius 3 is 1.56 bits per heavy atom. The Hall–Kier alpha value is -1.26. The molecule has 0 aromatic heterocycles. The fraction of sp³-hybridized carbons (Fsp3) is 0.913. The van der Waals surface area contributed by atoms with E-state index >= 15 is 0 Å². The van der Waals surface area contributed by atoms with Gasteiger partial charge >= 0.3 is 0 Å². The molecule has 0 aliphatic heterocycles. The van der Waals surface area contributed by atoms with E-state index in [1.54, 1.807) is 0 Å². The maximum atomic E-state index is 11.7. The SMILES string of the molecule is CCCC(C)(C)OCC(=O)NCCOCCOCCOCCOCCNC(=O)C(C)(C)C. The number of nitrogens with one attached hydrogen (secondary N) is 2. The molecule has 9 nitrogen and oxygen atoms in total. The van der Waals surface area contributed by atoms with Gasteiger partial charge in [0.25, 0.3) is 0 Å². The lowest BCUT2D eigenvalue weighted by atomic mass is 9.96. The van der Waals surface area contributed by atoms with E-state index < -0.39 is 0 Å². The van der Waals surface area contributed by atoms with Crippen LogP contribution in [0.5, 0.6) is 0 Å². The Bertz CT molecular complexity index is 493. The molecule has 0 saturated carbocycles. The highest BCUT2D eigenvalue weighted by molar-refractivity contribution is 5.81. The molecule has 2 N–H and O–H groups in total. The van der Waals surface area contributed by atoms with Crippen molar-refractivity contribution < 1.29 is 33.3 Å². The maximum Gasteiger partial charge on any atom is 0.246 e. The van der Waals surface area contributed by atoms with Crippen molar-refractivity contribution in [2.24, 2.45) is 5.41 Å². The van der Waals surface area contributed by atoms with Crippen molar-refractivity contribution in [3.8, 4) is 0 Å². The minimum atomic E-state index is -0.384. The summed E-state index contributed by atoms with van der Waals surface area (Å²) in [5, 5.41) is 5.59. The zero-order valence-electron chi connectivity index (χ0n) is 21.1. The molecular weight excluding hydrogens is 416 g/mol. The smallest absolute Gasteiger partial charge is 0.246 e. The number of rotatable bonds is 20. The van der Waals surface area contributed by atoms with Gasteiger partial charge in [-0.05, 0) is 20.3 Å². The second-order valence-electron chi connectivity index (χ2n) is 9.10. The van der Waals surface area contributed by atoms with Crippen LogP contribution in [0.1, 0.15) is 54.4 Å². The first kappa shape index (κ1) is 30.7. The standard InChI is InChI=1S/C23H46N2O7/c1-7-8-23(5,6)32-19-20(26)24-9-11-28-13-15-30-17-18-31-16-14-29-12-10-25-21(27)22(2,3)4/h7-19H2,1-6H3,(H,24,26)(H,25,27). The molecule has 0 unspecified atom stereocenters. The molecule has 0 aliphatic carbocycles. The molecule has 32 heavy (non-hydrogen) atoms. The van der Waals surface area contributed by atoms with E-state index in [0.29, 0.717) is 65.9 Å². The molecule has 0 radical (unpaired) electrons. The van der Waals surface area contributed by atoms with Gasteiger partial charge in [-0.15, -0.1) is 0 Å². The van der Waals surface area contributed by atoms with Gasteiger partial charge in [0.2, 0.25) is 11.8 Å². The summed E-state index contributed by atoms with van der Waals surface area (Å²) >= 11 is 0. The summed E-state index contributed by atoms with van der Waals surface area (Å²) in [4.78, 5) is 23.4. The predicted molar refractivity (Wildman–Crippen MR) is 124 cm³/mol. The van der Waals surface area contributed by atoms with E-state index in [-0.39, 0.29) is 29.4 Å². The van der Waals surface area contributed by atoms with Crippen LogP contribution >= 0.6 is 0 Å². The minimum absolute atomic E-state index is 0.0137. The molecule has 9 heteroatoms. The second kappa shape index (κ2) is 18.2. The van der Waals surface area contributed by atoms with Crippen molar-refractivity contribution in [2.45, 2.75) is 60.0 Å². The molecule has 0 aromatic rings. The molecule has 0 atom stereocenters. The molecule has 0 heterocycles. The molecule has 190 valence electrons. The van der Waals surface area contributed by atoms with Crippen LogP contribution in [0.2, 0.25) is 0 Å². The van der Waals surface area contributed by atoms with Crippen LogP contribution in [0.3, 0.4) is 0 Å². The van der Waals surface area contributed by atoms with Crippen LogP contribution in [0.4, 0.5) is 0 Å². The topological polar surface area (TPSA) is 104 Å². The van der Waals surface area contributed by atoms with Crippen LogP contribution < -0.4 is 10.6 Å². The summed E-state index contributed by atoms with van der Waals surface area (Å²) in [6.45, 7) is 16.4. The Kier molecular flexibility index (Phi) is 17.5. The number of hydrogen-bond acceptors (Lipinski definition) is 7. The zero-order chi connectivity index (χ0) is 24.3. The van der Waals surface area contributed by atoms with Crippen molar-refractivity contribution in [1.29, 1.82) is 0 Å². The monoisotopic (exact) mass is 462 g/mol. The molecular formula is C23H46N2O7. The van der Waals surface area contributed by atoms with Gasteiger partial charge in [0.1, 0.15) is 6.61 Å². The Morgan fingerprint density at radius 1 is 0.688 bits per heavy atom. The van der Waals surface area contributed by atoms with E-state index in [1.165, 1.54) is 0 Å². The first-order chi connectivity index (χ1) is 15.1. The normalized spacial score (nSPS) is 12.1. The lowest BCUT2D eigenvalue weighted by Gasteiger charge is -2.24. The van der Waals surface area contributed by atoms with E-state index in [9.17, 15) is 9.59 Å². The summed E-state index contributed by atoms with van der Waals surface area (Å²) in [5.74, 6) is -0.121. The number of carbonyl (C=O) groups excluding carboxylic acids is 2. The fourth-order valence-corrected chi connectivity index (χ4v) is 2.51. The number of amides is 2. The van der Waals surface area contributed by atoms with Crippen molar-refractivity contribution in [3.63, 3.8) is 0 Å². The van der Waals surface area contributed by atoms with E-state index in [0.717, 1.165) is 12.8 Å². The van der Waals surface area contributed by atoms with Crippen molar-refractivity contribution in [3.05, 3.63) is 0 Å². The number of hydrogen-bond donors (Lipinski definition) is 2. The van der Waals surface area contributed by atoms with Crippen LogP contribution in [0.15, 0.2) is 0 Å². The summed E-state index contributed by atoms with van der Waals surface area (Å²) in [6.07, 6.45) is 1.94. The van der Waals surface area contributed by atoms with Gasteiger partial charge in [-0.1, -0.05) is 34.1 Å². The first-order valence-corrected chi connectivity index (χ1v) is 11.6. The van der Waals surface area contributed by atoms with E-state index in [4.69, 9.17) is 23.7 Å². The van der Waals surface area contributed by atoms with Gasteiger partial charge in [0, 0.05) is 18.5 Å². The van der Waals surface area contributed by atoms with E-state index in [1.807, 2.05) is 34.6 Å². The predicted octanol–water partition coefficient (Wildman–Crippen LogP) is 1.93. The molecule has 2 amide bonds. The molecule has 0 fully saturated rings. The quantitative estimate of drug-likeness (QED) is 0.266. The molecule has 0 saturated heterocycles.